The van der Waals surface area contributed by atoms with Crippen LogP contribution < -0.4 is 5.73 Å². The molecule has 0 aliphatic carbocycles. The quantitative estimate of drug-likeness (QED) is 0.777. The fraction of sp³-hybridized carbons (Fsp3) is 0.462. The third kappa shape index (κ3) is 2.03. The van der Waals surface area contributed by atoms with Gasteiger partial charge in [-0.25, -0.2) is 4.98 Å². The second-order valence-corrected chi connectivity index (χ2v) is 4.97. The number of nitrogen functional groups attached to an aromatic ring is 1. The van der Waals surface area contributed by atoms with Gasteiger partial charge in [0.2, 0.25) is 5.91 Å². The summed E-state index contributed by atoms with van der Waals surface area (Å²) in [6.07, 6.45) is 3.00. The number of piperazine rings is 1. The molecule has 1 aromatic heterocycles. The van der Waals surface area contributed by atoms with Crippen molar-refractivity contribution in [2.75, 3.05) is 25.4 Å². The molecule has 3 heterocycles. The SMILES string of the molecule is Nc1cccnc1C(=O)N1CCN2C(=O)CCC2C1. The van der Waals surface area contributed by atoms with Crippen molar-refractivity contribution in [1.29, 1.82) is 0 Å². The minimum absolute atomic E-state index is 0.142. The number of rotatable bonds is 1. The summed E-state index contributed by atoms with van der Waals surface area (Å²) in [6, 6.07) is 3.55. The van der Waals surface area contributed by atoms with Crippen LogP contribution in [0.25, 0.3) is 0 Å². The zero-order valence-electron chi connectivity index (χ0n) is 10.6. The fourth-order valence-electron chi connectivity index (χ4n) is 2.80. The van der Waals surface area contributed by atoms with Crippen molar-refractivity contribution in [3.63, 3.8) is 0 Å². The zero-order chi connectivity index (χ0) is 13.4. The predicted octanol–water partition coefficient (Wildman–Crippen LogP) is 0.111. The normalized spacial score (nSPS) is 22.5. The summed E-state index contributed by atoms with van der Waals surface area (Å²) >= 11 is 0. The first kappa shape index (κ1) is 12.0. The molecule has 2 amide bonds. The first-order valence-electron chi connectivity index (χ1n) is 6.46. The van der Waals surface area contributed by atoms with Crippen LogP contribution >= 0.6 is 0 Å². The number of pyridine rings is 1. The molecule has 6 nitrogen and oxygen atoms in total. The third-order valence-corrected chi connectivity index (χ3v) is 3.82. The Hall–Kier alpha value is -2.11. The van der Waals surface area contributed by atoms with Crippen LogP contribution in [0.2, 0.25) is 0 Å². The van der Waals surface area contributed by atoms with E-state index < -0.39 is 0 Å². The van der Waals surface area contributed by atoms with Crippen LogP contribution in [0.4, 0.5) is 5.69 Å². The molecule has 2 aliphatic rings. The average molecular weight is 260 g/mol. The molecule has 0 radical (unpaired) electrons. The highest BCUT2D eigenvalue weighted by molar-refractivity contribution is 5.97. The second-order valence-electron chi connectivity index (χ2n) is 4.97. The van der Waals surface area contributed by atoms with Gasteiger partial charge < -0.3 is 15.5 Å². The van der Waals surface area contributed by atoms with Crippen molar-refractivity contribution in [2.45, 2.75) is 18.9 Å². The lowest BCUT2D eigenvalue weighted by Gasteiger charge is -2.37. The van der Waals surface area contributed by atoms with Crippen molar-refractivity contribution >= 4 is 17.5 Å². The molecule has 2 aliphatic heterocycles. The van der Waals surface area contributed by atoms with Crippen LogP contribution in [0.5, 0.6) is 0 Å². The van der Waals surface area contributed by atoms with Gasteiger partial charge in [0, 0.05) is 38.3 Å². The number of anilines is 1. The minimum Gasteiger partial charge on any atom is -0.397 e. The molecular formula is C13H16N4O2. The highest BCUT2D eigenvalue weighted by Crippen LogP contribution is 2.24. The molecule has 19 heavy (non-hydrogen) atoms. The van der Waals surface area contributed by atoms with Crippen LogP contribution in [0.15, 0.2) is 18.3 Å². The summed E-state index contributed by atoms with van der Waals surface area (Å²) < 4.78 is 0. The Bertz CT molecular complexity index is 531. The monoisotopic (exact) mass is 260 g/mol. The second kappa shape index (κ2) is 4.53. The first-order valence-corrected chi connectivity index (χ1v) is 6.46. The van der Waals surface area contributed by atoms with Gasteiger partial charge in [-0.1, -0.05) is 0 Å². The summed E-state index contributed by atoms with van der Waals surface area (Å²) in [5.41, 5.74) is 6.49. The summed E-state index contributed by atoms with van der Waals surface area (Å²) in [4.78, 5) is 31.7. The molecule has 1 aromatic rings. The van der Waals surface area contributed by atoms with Gasteiger partial charge in [0.05, 0.1) is 5.69 Å². The highest BCUT2D eigenvalue weighted by atomic mass is 16.2. The number of fused-ring (bicyclic) bond motifs is 1. The van der Waals surface area contributed by atoms with E-state index in [9.17, 15) is 9.59 Å². The van der Waals surface area contributed by atoms with Gasteiger partial charge in [-0.3, -0.25) is 9.59 Å². The molecule has 0 spiro atoms. The Morgan fingerprint density at radius 2 is 2.26 bits per heavy atom. The minimum atomic E-state index is -0.142. The number of aromatic nitrogens is 1. The Morgan fingerprint density at radius 3 is 3.05 bits per heavy atom. The number of hydrogen-bond acceptors (Lipinski definition) is 4. The van der Waals surface area contributed by atoms with Gasteiger partial charge in [0.25, 0.3) is 5.91 Å². The van der Waals surface area contributed by atoms with E-state index >= 15 is 0 Å². The number of amides is 2. The highest BCUT2D eigenvalue weighted by Gasteiger charge is 2.37. The molecule has 0 aromatic carbocycles. The molecule has 1 atom stereocenters. The zero-order valence-corrected chi connectivity index (χ0v) is 10.6. The van der Waals surface area contributed by atoms with Gasteiger partial charge in [0.1, 0.15) is 0 Å². The molecule has 3 rings (SSSR count). The standard InChI is InChI=1S/C13H16N4O2/c14-10-2-1-5-15-12(10)13(19)16-6-7-17-9(8-16)3-4-11(17)18/h1-2,5,9H,3-4,6-8,14H2. The summed E-state index contributed by atoms with van der Waals surface area (Å²) in [7, 11) is 0. The lowest BCUT2D eigenvalue weighted by atomic mass is 10.1. The first-order chi connectivity index (χ1) is 9.16. The van der Waals surface area contributed by atoms with Gasteiger partial charge >= 0.3 is 0 Å². The van der Waals surface area contributed by atoms with E-state index in [4.69, 9.17) is 5.73 Å². The summed E-state index contributed by atoms with van der Waals surface area (Å²) in [6.45, 7) is 1.75. The molecule has 100 valence electrons. The molecule has 2 fully saturated rings. The maximum absolute atomic E-state index is 12.4. The number of hydrogen-bond donors (Lipinski definition) is 1. The smallest absolute Gasteiger partial charge is 0.274 e. The van der Waals surface area contributed by atoms with E-state index in [0.717, 1.165) is 6.42 Å². The van der Waals surface area contributed by atoms with Crippen LogP contribution in [-0.4, -0.2) is 52.3 Å². The third-order valence-electron chi connectivity index (χ3n) is 3.82. The van der Waals surface area contributed by atoms with Crippen LogP contribution in [-0.2, 0) is 4.79 Å². The maximum atomic E-state index is 12.4. The summed E-state index contributed by atoms with van der Waals surface area (Å²) in [5, 5.41) is 0. The van der Waals surface area contributed by atoms with Crippen LogP contribution in [0, 0.1) is 0 Å². The van der Waals surface area contributed by atoms with Crippen molar-refractivity contribution in [3.05, 3.63) is 24.0 Å². The Kier molecular flexibility index (Phi) is 2.85. The van der Waals surface area contributed by atoms with E-state index in [2.05, 4.69) is 4.98 Å². The fourth-order valence-corrected chi connectivity index (χ4v) is 2.80. The van der Waals surface area contributed by atoms with Crippen LogP contribution in [0.1, 0.15) is 23.3 Å². The Balaban J connectivity index is 1.76. The van der Waals surface area contributed by atoms with E-state index in [1.165, 1.54) is 0 Å². The predicted molar refractivity (Wildman–Crippen MR) is 69.3 cm³/mol. The molecular weight excluding hydrogens is 244 g/mol. The number of carbonyl (C=O) groups is 2. The van der Waals surface area contributed by atoms with Crippen LogP contribution in [0.3, 0.4) is 0 Å². The van der Waals surface area contributed by atoms with E-state index in [0.29, 0.717) is 37.4 Å². The number of nitrogens with zero attached hydrogens (tertiary/aromatic N) is 3. The molecule has 1 unspecified atom stereocenters. The summed E-state index contributed by atoms with van der Waals surface area (Å²) in [5.74, 6) is 0.0616. The van der Waals surface area contributed by atoms with E-state index in [-0.39, 0.29) is 17.9 Å². The molecule has 2 N–H and O–H groups in total. The van der Waals surface area contributed by atoms with Crippen molar-refractivity contribution in [1.82, 2.24) is 14.8 Å². The molecule has 0 saturated carbocycles. The molecule has 6 heteroatoms. The van der Waals surface area contributed by atoms with Gasteiger partial charge in [-0.15, -0.1) is 0 Å². The molecule has 2 saturated heterocycles. The van der Waals surface area contributed by atoms with Crippen molar-refractivity contribution in [3.8, 4) is 0 Å². The largest absolute Gasteiger partial charge is 0.397 e. The van der Waals surface area contributed by atoms with Gasteiger partial charge in [0.15, 0.2) is 5.69 Å². The number of carbonyl (C=O) groups excluding carboxylic acids is 2. The Morgan fingerprint density at radius 1 is 1.42 bits per heavy atom. The van der Waals surface area contributed by atoms with E-state index in [1.54, 1.807) is 23.2 Å². The van der Waals surface area contributed by atoms with E-state index in [1.807, 2.05) is 4.90 Å². The van der Waals surface area contributed by atoms with Crippen molar-refractivity contribution in [2.24, 2.45) is 0 Å². The number of nitrogens with two attached hydrogens (primary N) is 1. The Labute approximate surface area is 111 Å². The lowest BCUT2D eigenvalue weighted by molar-refractivity contribution is -0.130. The van der Waals surface area contributed by atoms with Crippen molar-refractivity contribution < 1.29 is 9.59 Å². The maximum Gasteiger partial charge on any atom is 0.274 e. The average Bonchev–Trinajstić information content (AvgIpc) is 2.80. The topological polar surface area (TPSA) is 79.5 Å². The molecule has 0 bridgehead atoms. The van der Waals surface area contributed by atoms with Gasteiger partial charge in [-0.2, -0.15) is 0 Å². The lowest BCUT2D eigenvalue weighted by Crippen LogP contribution is -2.53. The van der Waals surface area contributed by atoms with Gasteiger partial charge in [-0.05, 0) is 18.6 Å².